The van der Waals surface area contributed by atoms with Crippen LogP contribution in [0.2, 0.25) is 0 Å². The Kier molecular flexibility index (Phi) is 4.25. The SMILES string of the molecule is CC(C)Sc1nnc(COc2ccccc2)n1C. The first-order valence-corrected chi connectivity index (χ1v) is 6.77. The van der Waals surface area contributed by atoms with Gasteiger partial charge in [0, 0.05) is 12.3 Å². The minimum atomic E-state index is 0.437. The smallest absolute Gasteiger partial charge is 0.191 e. The summed E-state index contributed by atoms with van der Waals surface area (Å²) in [5.74, 6) is 1.68. The molecule has 96 valence electrons. The quantitative estimate of drug-likeness (QED) is 0.778. The fraction of sp³-hybridized carbons (Fsp3) is 0.385. The Morgan fingerprint density at radius 2 is 1.94 bits per heavy atom. The molecule has 0 aliphatic heterocycles. The van der Waals surface area contributed by atoms with Gasteiger partial charge in [0.15, 0.2) is 11.0 Å². The van der Waals surface area contributed by atoms with Gasteiger partial charge in [-0.05, 0) is 12.1 Å². The van der Waals surface area contributed by atoms with Crippen molar-refractivity contribution < 1.29 is 4.74 Å². The van der Waals surface area contributed by atoms with Crippen LogP contribution < -0.4 is 4.74 Å². The molecule has 1 aromatic heterocycles. The van der Waals surface area contributed by atoms with E-state index in [-0.39, 0.29) is 0 Å². The molecule has 18 heavy (non-hydrogen) atoms. The molecular weight excluding hydrogens is 246 g/mol. The monoisotopic (exact) mass is 263 g/mol. The van der Waals surface area contributed by atoms with Gasteiger partial charge in [-0.2, -0.15) is 0 Å². The summed E-state index contributed by atoms with van der Waals surface area (Å²) in [4.78, 5) is 0. The van der Waals surface area contributed by atoms with Gasteiger partial charge in [-0.25, -0.2) is 0 Å². The molecule has 0 atom stereocenters. The van der Waals surface area contributed by atoms with Gasteiger partial charge in [0.05, 0.1) is 0 Å². The van der Waals surface area contributed by atoms with E-state index in [2.05, 4.69) is 24.0 Å². The molecule has 1 aromatic carbocycles. The first-order valence-electron chi connectivity index (χ1n) is 5.89. The molecule has 0 fully saturated rings. The summed E-state index contributed by atoms with van der Waals surface area (Å²) in [6, 6.07) is 9.73. The minimum Gasteiger partial charge on any atom is -0.486 e. The number of thioether (sulfide) groups is 1. The summed E-state index contributed by atoms with van der Waals surface area (Å²) >= 11 is 1.70. The van der Waals surface area contributed by atoms with Crippen molar-refractivity contribution in [1.82, 2.24) is 14.8 Å². The summed E-state index contributed by atoms with van der Waals surface area (Å²) in [5.41, 5.74) is 0. The third-order valence-corrected chi connectivity index (χ3v) is 3.42. The topological polar surface area (TPSA) is 39.9 Å². The van der Waals surface area contributed by atoms with Gasteiger partial charge in [-0.3, -0.25) is 0 Å². The van der Waals surface area contributed by atoms with Crippen molar-refractivity contribution in [2.24, 2.45) is 7.05 Å². The summed E-state index contributed by atoms with van der Waals surface area (Å²) in [7, 11) is 1.97. The van der Waals surface area contributed by atoms with Crippen LogP contribution in [0.15, 0.2) is 35.5 Å². The second-order valence-corrected chi connectivity index (χ2v) is 5.77. The fourth-order valence-electron chi connectivity index (χ4n) is 1.45. The van der Waals surface area contributed by atoms with Crippen LogP contribution in [0.25, 0.3) is 0 Å². The van der Waals surface area contributed by atoms with Crippen LogP contribution >= 0.6 is 11.8 Å². The van der Waals surface area contributed by atoms with Gasteiger partial charge in [-0.15, -0.1) is 10.2 Å². The standard InChI is InChI=1S/C13H17N3OS/c1-10(2)18-13-15-14-12(16(13)3)9-17-11-7-5-4-6-8-11/h4-8,10H,9H2,1-3H3. The van der Waals surface area contributed by atoms with Crippen LogP contribution in [0.5, 0.6) is 5.75 Å². The van der Waals surface area contributed by atoms with E-state index in [1.165, 1.54) is 0 Å². The molecule has 2 rings (SSSR count). The number of nitrogens with zero attached hydrogens (tertiary/aromatic N) is 3. The van der Waals surface area contributed by atoms with E-state index in [0.29, 0.717) is 11.9 Å². The van der Waals surface area contributed by atoms with Crippen molar-refractivity contribution in [3.63, 3.8) is 0 Å². The minimum absolute atomic E-state index is 0.437. The average molecular weight is 263 g/mol. The highest BCUT2D eigenvalue weighted by Crippen LogP contribution is 2.21. The Balaban J connectivity index is 2.00. The zero-order valence-corrected chi connectivity index (χ0v) is 11.6. The van der Waals surface area contributed by atoms with Crippen LogP contribution in [0.4, 0.5) is 0 Å². The van der Waals surface area contributed by atoms with E-state index >= 15 is 0 Å². The number of para-hydroxylation sites is 1. The van der Waals surface area contributed by atoms with E-state index in [4.69, 9.17) is 4.74 Å². The van der Waals surface area contributed by atoms with Crippen LogP contribution in [0.1, 0.15) is 19.7 Å². The van der Waals surface area contributed by atoms with E-state index < -0.39 is 0 Å². The van der Waals surface area contributed by atoms with Crippen LogP contribution in [0.3, 0.4) is 0 Å². The van der Waals surface area contributed by atoms with Crippen molar-refractivity contribution in [3.05, 3.63) is 36.2 Å². The molecule has 0 saturated heterocycles. The maximum atomic E-state index is 5.66. The lowest BCUT2D eigenvalue weighted by Crippen LogP contribution is -2.04. The van der Waals surface area contributed by atoms with E-state index in [1.54, 1.807) is 11.8 Å². The van der Waals surface area contributed by atoms with E-state index in [9.17, 15) is 0 Å². The summed E-state index contributed by atoms with van der Waals surface area (Å²) < 4.78 is 7.64. The molecule has 0 radical (unpaired) electrons. The van der Waals surface area contributed by atoms with Crippen LogP contribution in [0, 0.1) is 0 Å². The third-order valence-electron chi connectivity index (χ3n) is 2.38. The first-order chi connectivity index (χ1) is 8.66. The number of aromatic nitrogens is 3. The molecule has 1 heterocycles. The van der Waals surface area contributed by atoms with Crippen molar-refractivity contribution in [2.75, 3.05) is 0 Å². The maximum absolute atomic E-state index is 5.66. The lowest BCUT2D eigenvalue weighted by molar-refractivity contribution is 0.290. The van der Waals surface area contributed by atoms with E-state index in [1.807, 2.05) is 41.9 Å². The second kappa shape index (κ2) is 5.91. The highest BCUT2D eigenvalue weighted by Gasteiger charge is 2.10. The van der Waals surface area contributed by atoms with Crippen molar-refractivity contribution >= 4 is 11.8 Å². The zero-order valence-electron chi connectivity index (χ0n) is 10.8. The van der Waals surface area contributed by atoms with Crippen molar-refractivity contribution in [1.29, 1.82) is 0 Å². The Labute approximate surface area is 111 Å². The van der Waals surface area contributed by atoms with Gasteiger partial charge in [0.25, 0.3) is 0 Å². The summed E-state index contributed by atoms with van der Waals surface area (Å²) in [5, 5.41) is 9.74. The molecule has 0 amide bonds. The third kappa shape index (κ3) is 3.26. The fourth-order valence-corrected chi connectivity index (χ4v) is 2.22. The highest BCUT2D eigenvalue weighted by atomic mass is 32.2. The Morgan fingerprint density at radius 3 is 2.61 bits per heavy atom. The van der Waals surface area contributed by atoms with Crippen LogP contribution in [-0.4, -0.2) is 20.0 Å². The number of ether oxygens (including phenoxy) is 1. The Morgan fingerprint density at radius 1 is 1.22 bits per heavy atom. The first kappa shape index (κ1) is 13.0. The van der Waals surface area contributed by atoms with Crippen molar-refractivity contribution in [3.8, 4) is 5.75 Å². The second-order valence-electron chi connectivity index (χ2n) is 4.23. The normalized spacial score (nSPS) is 10.9. The molecule has 2 aromatic rings. The molecule has 0 aliphatic carbocycles. The number of hydrogen-bond acceptors (Lipinski definition) is 4. The van der Waals surface area contributed by atoms with Gasteiger partial charge in [0.2, 0.25) is 0 Å². The number of benzene rings is 1. The van der Waals surface area contributed by atoms with Gasteiger partial charge in [0.1, 0.15) is 12.4 Å². The zero-order chi connectivity index (χ0) is 13.0. The molecule has 0 N–H and O–H groups in total. The van der Waals surface area contributed by atoms with Gasteiger partial charge < -0.3 is 9.30 Å². The molecular formula is C13H17N3OS. The molecule has 0 aliphatic rings. The molecule has 0 spiro atoms. The number of hydrogen-bond donors (Lipinski definition) is 0. The van der Waals surface area contributed by atoms with Gasteiger partial charge in [-0.1, -0.05) is 43.8 Å². The number of rotatable bonds is 5. The van der Waals surface area contributed by atoms with Gasteiger partial charge >= 0.3 is 0 Å². The summed E-state index contributed by atoms with van der Waals surface area (Å²) in [6.45, 7) is 4.71. The summed E-state index contributed by atoms with van der Waals surface area (Å²) in [6.07, 6.45) is 0. The highest BCUT2D eigenvalue weighted by molar-refractivity contribution is 7.99. The molecule has 4 nitrogen and oxygen atoms in total. The predicted octanol–water partition coefficient (Wildman–Crippen LogP) is 2.89. The van der Waals surface area contributed by atoms with E-state index in [0.717, 1.165) is 16.7 Å². The van der Waals surface area contributed by atoms with Crippen molar-refractivity contribution in [2.45, 2.75) is 30.9 Å². The predicted molar refractivity (Wildman–Crippen MR) is 72.8 cm³/mol. The molecule has 0 unspecified atom stereocenters. The Hall–Kier alpha value is -1.49. The molecule has 0 bridgehead atoms. The van der Waals surface area contributed by atoms with Crippen LogP contribution in [-0.2, 0) is 13.7 Å². The Bertz CT molecular complexity index is 496. The lowest BCUT2D eigenvalue weighted by Gasteiger charge is -2.07. The largest absolute Gasteiger partial charge is 0.486 e. The molecule has 0 saturated carbocycles. The lowest BCUT2D eigenvalue weighted by atomic mass is 10.3. The average Bonchev–Trinajstić information content (AvgIpc) is 2.69. The molecule has 5 heteroatoms. The maximum Gasteiger partial charge on any atom is 0.191 e.